The van der Waals surface area contributed by atoms with Crippen molar-refractivity contribution < 1.29 is 38.2 Å². The lowest BCUT2D eigenvalue weighted by atomic mass is 10.0. The molecule has 0 saturated heterocycles. The Balaban J connectivity index is 4.20. The van der Waals surface area contributed by atoms with Crippen molar-refractivity contribution >= 4 is 17.9 Å². The summed E-state index contributed by atoms with van der Waals surface area (Å²) >= 11 is 0. The van der Waals surface area contributed by atoms with E-state index in [1.165, 1.54) is 148 Å². The Kier molecular flexibility index (Phi) is 45.8. The lowest BCUT2D eigenvalue weighted by Crippen LogP contribution is -2.55. The maximum atomic E-state index is 12.8. The third kappa shape index (κ3) is 46.2. The van der Waals surface area contributed by atoms with Gasteiger partial charge in [0.05, 0.1) is 40.3 Å². The fourth-order valence-electron chi connectivity index (χ4n) is 8.02. The summed E-state index contributed by atoms with van der Waals surface area (Å²) in [5, 5.41) is 11.7. The number of hydrogen-bond acceptors (Lipinski definition) is 7. The molecule has 0 aliphatic carbocycles. The summed E-state index contributed by atoms with van der Waals surface area (Å²) in [6.45, 7) is 4.58. The second-order valence-corrected chi connectivity index (χ2v) is 19.4. The van der Waals surface area contributed by atoms with Crippen LogP contribution in [0.25, 0.3) is 0 Å². The van der Waals surface area contributed by atoms with Crippen LogP contribution in [0.4, 0.5) is 0 Å². The molecule has 0 amide bonds. The van der Waals surface area contributed by atoms with E-state index in [0.717, 1.165) is 64.2 Å². The van der Waals surface area contributed by atoms with Crippen LogP contribution in [0.5, 0.6) is 0 Å². The van der Waals surface area contributed by atoms with Gasteiger partial charge in [0.25, 0.3) is 0 Å². The van der Waals surface area contributed by atoms with E-state index >= 15 is 0 Å². The summed E-state index contributed by atoms with van der Waals surface area (Å²) in [6, 6.07) is -0.729. The number of esters is 2. The highest BCUT2D eigenvalue weighted by Crippen LogP contribution is 2.16. The van der Waals surface area contributed by atoms with E-state index in [9.17, 15) is 19.5 Å². The first-order chi connectivity index (χ1) is 31.6. The van der Waals surface area contributed by atoms with Crippen LogP contribution in [-0.2, 0) is 28.6 Å². The monoisotopic (exact) mass is 914 g/mol. The summed E-state index contributed by atoms with van der Waals surface area (Å²) < 4.78 is 17.3. The number of ether oxygens (including phenoxy) is 3. The number of quaternary nitrogens is 1. The number of unbranched alkanes of at least 4 members (excludes halogenated alkanes) is 27. The van der Waals surface area contributed by atoms with Gasteiger partial charge in [0, 0.05) is 19.3 Å². The molecule has 0 spiro atoms. The van der Waals surface area contributed by atoms with Crippen LogP contribution in [0.1, 0.15) is 245 Å². The molecule has 0 saturated carbocycles. The molecule has 0 aromatic heterocycles. The fraction of sp³-hybridized carbons (Fsp3) is 0.807. The van der Waals surface area contributed by atoms with E-state index in [1.54, 1.807) is 21.1 Å². The molecule has 0 heterocycles. The largest absolute Gasteiger partial charge is 0.544 e. The van der Waals surface area contributed by atoms with Crippen LogP contribution in [0, 0.1) is 0 Å². The lowest BCUT2D eigenvalue weighted by molar-refractivity contribution is -0.889. The molecule has 0 radical (unpaired) electrons. The highest BCUT2D eigenvalue weighted by Gasteiger charge is 2.25. The van der Waals surface area contributed by atoms with Gasteiger partial charge in [-0.2, -0.15) is 0 Å². The molecule has 8 nitrogen and oxygen atoms in total. The highest BCUT2D eigenvalue weighted by molar-refractivity contribution is 5.70. The minimum atomic E-state index is -1.13. The quantitative estimate of drug-likeness (QED) is 0.0259. The van der Waals surface area contributed by atoms with E-state index in [-0.39, 0.29) is 42.7 Å². The molecule has 2 unspecified atom stereocenters. The summed E-state index contributed by atoms with van der Waals surface area (Å²) in [5.74, 6) is -1.74. The van der Waals surface area contributed by atoms with Crippen LogP contribution < -0.4 is 5.11 Å². The van der Waals surface area contributed by atoms with E-state index in [1.807, 2.05) is 0 Å². The summed E-state index contributed by atoms with van der Waals surface area (Å²) in [6.07, 6.45) is 58.6. The molecule has 0 aromatic rings. The number of likely N-dealkylation sites (N-methyl/N-ethyl adjacent to an activating group) is 1. The molecule has 2 atom stereocenters. The molecule has 0 aliphatic heterocycles. The van der Waals surface area contributed by atoms with Crippen molar-refractivity contribution in [2.45, 2.75) is 257 Å². The standard InChI is InChI=1S/C57H103NO7/c1-6-8-10-12-14-16-18-20-22-24-26-27-28-30-31-33-35-37-39-41-43-45-47-55(59)64-52-53(51-63-50-49-54(57(61)62)58(3,4)5)65-56(60)48-46-44-42-40-38-36-34-32-29-25-23-21-19-17-15-13-11-9-7-2/h9,11,15,17,21,23,28,30,53-54H,6-8,10,12-14,16,18-20,22,24-27,29,31-52H2,1-5H3/b11-9+,17-15+,23-21+,30-28+. The average molecular weight is 914 g/mol. The number of allylic oxidation sites excluding steroid dienone is 8. The smallest absolute Gasteiger partial charge is 0.306 e. The fourth-order valence-corrected chi connectivity index (χ4v) is 8.02. The van der Waals surface area contributed by atoms with Crippen molar-refractivity contribution in [2.24, 2.45) is 0 Å². The Labute approximate surface area is 401 Å². The van der Waals surface area contributed by atoms with Crippen LogP contribution >= 0.6 is 0 Å². The Bertz CT molecular complexity index is 1200. The second-order valence-electron chi connectivity index (χ2n) is 19.4. The molecule has 0 aromatic carbocycles. The Morgan fingerprint density at radius 2 is 0.862 bits per heavy atom. The van der Waals surface area contributed by atoms with Gasteiger partial charge >= 0.3 is 11.9 Å². The normalized spacial score (nSPS) is 13.2. The second kappa shape index (κ2) is 47.8. The number of carbonyl (C=O) groups is 3. The van der Waals surface area contributed by atoms with Gasteiger partial charge in [0.2, 0.25) is 0 Å². The zero-order chi connectivity index (χ0) is 47.7. The number of carbonyl (C=O) groups excluding carboxylic acids is 3. The summed E-state index contributed by atoms with van der Waals surface area (Å²) in [4.78, 5) is 37.1. The first kappa shape index (κ1) is 62.3. The van der Waals surface area contributed by atoms with Crippen LogP contribution in [0.2, 0.25) is 0 Å². The van der Waals surface area contributed by atoms with Gasteiger partial charge in [-0.15, -0.1) is 0 Å². The summed E-state index contributed by atoms with van der Waals surface area (Å²) in [5.41, 5.74) is 0. The van der Waals surface area contributed by atoms with Gasteiger partial charge in [-0.25, -0.2) is 0 Å². The van der Waals surface area contributed by atoms with Crippen LogP contribution in [-0.4, -0.2) is 75.5 Å². The van der Waals surface area contributed by atoms with Crippen molar-refractivity contribution in [2.75, 3.05) is 41.0 Å². The third-order valence-corrected chi connectivity index (χ3v) is 12.2. The van der Waals surface area contributed by atoms with Gasteiger partial charge in [0.1, 0.15) is 12.6 Å². The van der Waals surface area contributed by atoms with Gasteiger partial charge in [0.15, 0.2) is 6.10 Å². The first-order valence-electron chi connectivity index (χ1n) is 27.2. The molecule has 378 valence electrons. The van der Waals surface area contributed by atoms with Crippen molar-refractivity contribution in [3.8, 4) is 0 Å². The van der Waals surface area contributed by atoms with Crippen molar-refractivity contribution in [3.63, 3.8) is 0 Å². The molecule has 65 heavy (non-hydrogen) atoms. The zero-order valence-electron chi connectivity index (χ0n) is 43.2. The van der Waals surface area contributed by atoms with E-state index in [4.69, 9.17) is 14.2 Å². The van der Waals surface area contributed by atoms with Gasteiger partial charge < -0.3 is 28.6 Å². The topological polar surface area (TPSA) is 102 Å². The van der Waals surface area contributed by atoms with Crippen molar-refractivity contribution in [1.82, 2.24) is 0 Å². The molecular weight excluding hydrogens is 811 g/mol. The Hall–Kier alpha value is -2.71. The maximum Gasteiger partial charge on any atom is 0.306 e. The van der Waals surface area contributed by atoms with Crippen LogP contribution in [0.15, 0.2) is 48.6 Å². The molecule has 0 fully saturated rings. The number of rotatable bonds is 49. The first-order valence-corrected chi connectivity index (χ1v) is 27.2. The Morgan fingerprint density at radius 3 is 1.29 bits per heavy atom. The van der Waals surface area contributed by atoms with E-state index < -0.39 is 18.1 Å². The number of aliphatic carboxylic acids is 1. The Morgan fingerprint density at radius 1 is 0.477 bits per heavy atom. The van der Waals surface area contributed by atoms with Crippen molar-refractivity contribution in [3.05, 3.63) is 48.6 Å². The summed E-state index contributed by atoms with van der Waals surface area (Å²) in [7, 11) is 5.42. The average Bonchev–Trinajstić information content (AvgIpc) is 3.27. The molecule has 0 N–H and O–H groups in total. The predicted molar refractivity (Wildman–Crippen MR) is 273 cm³/mol. The molecular formula is C57H103NO7. The minimum Gasteiger partial charge on any atom is -0.544 e. The minimum absolute atomic E-state index is 0.0377. The van der Waals surface area contributed by atoms with Gasteiger partial charge in [-0.1, -0.05) is 204 Å². The van der Waals surface area contributed by atoms with E-state index in [0.29, 0.717) is 12.8 Å². The molecule has 8 heteroatoms. The lowest BCUT2D eigenvalue weighted by Gasteiger charge is -2.34. The van der Waals surface area contributed by atoms with Gasteiger partial charge in [-0.3, -0.25) is 9.59 Å². The zero-order valence-corrected chi connectivity index (χ0v) is 43.2. The highest BCUT2D eigenvalue weighted by atomic mass is 16.6. The molecule has 0 aliphatic rings. The van der Waals surface area contributed by atoms with Crippen molar-refractivity contribution in [1.29, 1.82) is 0 Å². The third-order valence-electron chi connectivity index (χ3n) is 12.2. The van der Waals surface area contributed by atoms with Crippen LogP contribution in [0.3, 0.4) is 0 Å². The number of nitrogens with zero attached hydrogens (tertiary/aromatic N) is 1. The molecule has 0 rings (SSSR count). The van der Waals surface area contributed by atoms with Gasteiger partial charge in [-0.05, 0) is 70.6 Å². The number of carboxylic acids is 1. The number of hydrogen-bond donors (Lipinski definition) is 0. The molecule has 0 bridgehead atoms. The van der Waals surface area contributed by atoms with E-state index in [2.05, 4.69) is 62.5 Å². The predicted octanol–water partition coefficient (Wildman–Crippen LogP) is 14.6. The SMILES string of the molecule is CC/C=C/C/C=C/C/C=C/CCCCCCCCCCCC(=O)OC(COCCC(C(=O)[O-])[N+](C)(C)C)COC(=O)CCCCCCCCC/C=C/CCCCCCCCCCCCC. The number of carboxylic acid groups (broad SMARTS) is 1. The maximum absolute atomic E-state index is 12.8.